The van der Waals surface area contributed by atoms with Crippen molar-refractivity contribution in [2.24, 2.45) is 11.7 Å². The van der Waals surface area contributed by atoms with E-state index in [-0.39, 0.29) is 6.04 Å². The number of nitrogens with zero attached hydrogens (tertiary/aromatic N) is 2. The summed E-state index contributed by atoms with van der Waals surface area (Å²) < 4.78 is 16.8. The van der Waals surface area contributed by atoms with Crippen molar-refractivity contribution in [3.8, 4) is 0 Å². The van der Waals surface area contributed by atoms with E-state index in [1.165, 1.54) is 0 Å². The molecule has 2 unspecified atom stereocenters. The zero-order valence-electron chi connectivity index (χ0n) is 13.1. The van der Waals surface area contributed by atoms with Crippen LogP contribution in [0.25, 0.3) is 0 Å². The smallest absolute Gasteiger partial charge is 0.236 e. The van der Waals surface area contributed by atoms with Crippen LogP contribution in [0.3, 0.4) is 0 Å². The van der Waals surface area contributed by atoms with Gasteiger partial charge in [0, 0.05) is 13.2 Å². The van der Waals surface area contributed by atoms with Gasteiger partial charge in [0.05, 0.1) is 18.6 Å². The highest BCUT2D eigenvalue weighted by Crippen LogP contribution is 2.41. The van der Waals surface area contributed by atoms with E-state index in [2.05, 4.69) is 17.1 Å². The number of hydrogen-bond donors (Lipinski definition) is 1. The van der Waals surface area contributed by atoms with Gasteiger partial charge in [0.2, 0.25) is 11.7 Å². The molecule has 2 heterocycles. The van der Waals surface area contributed by atoms with Crippen molar-refractivity contribution in [1.82, 2.24) is 10.1 Å². The van der Waals surface area contributed by atoms with Gasteiger partial charge in [-0.15, -0.1) is 0 Å². The van der Waals surface area contributed by atoms with Gasteiger partial charge in [-0.25, -0.2) is 0 Å². The molecule has 21 heavy (non-hydrogen) atoms. The molecule has 0 aromatic carbocycles. The molecule has 1 saturated heterocycles. The van der Waals surface area contributed by atoms with Gasteiger partial charge >= 0.3 is 0 Å². The predicted molar refractivity (Wildman–Crippen MR) is 76.8 cm³/mol. The van der Waals surface area contributed by atoms with Crippen molar-refractivity contribution in [3.05, 3.63) is 11.7 Å². The van der Waals surface area contributed by atoms with E-state index in [0.29, 0.717) is 24.9 Å². The van der Waals surface area contributed by atoms with Crippen LogP contribution in [-0.2, 0) is 20.5 Å². The first-order chi connectivity index (χ1) is 10.00. The minimum Gasteiger partial charge on any atom is -0.379 e. The van der Waals surface area contributed by atoms with Gasteiger partial charge in [-0.05, 0) is 38.5 Å². The van der Waals surface area contributed by atoms with Crippen LogP contribution in [0.1, 0.15) is 51.2 Å². The summed E-state index contributed by atoms with van der Waals surface area (Å²) in [6.45, 7) is 5.34. The molecule has 118 valence electrons. The van der Waals surface area contributed by atoms with E-state index in [1.54, 1.807) is 7.11 Å². The summed E-state index contributed by atoms with van der Waals surface area (Å²) in [5, 5.41) is 4.21. The maximum atomic E-state index is 6.13. The molecule has 0 spiro atoms. The maximum absolute atomic E-state index is 6.13. The van der Waals surface area contributed by atoms with Crippen molar-refractivity contribution in [2.45, 2.75) is 56.6 Å². The first-order valence-electron chi connectivity index (χ1n) is 7.73. The van der Waals surface area contributed by atoms with Crippen LogP contribution in [0, 0.1) is 5.92 Å². The topological polar surface area (TPSA) is 83.4 Å². The maximum Gasteiger partial charge on any atom is 0.236 e. The monoisotopic (exact) mass is 295 g/mol. The average Bonchev–Trinajstić information content (AvgIpc) is 3.10. The van der Waals surface area contributed by atoms with Crippen LogP contribution in [0.5, 0.6) is 0 Å². The third-order valence-corrected chi connectivity index (χ3v) is 5.31. The molecule has 1 aliphatic heterocycles. The summed E-state index contributed by atoms with van der Waals surface area (Å²) >= 11 is 0. The molecule has 1 saturated carbocycles. The van der Waals surface area contributed by atoms with Crippen LogP contribution in [0.4, 0.5) is 0 Å². The molecule has 2 N–H and O–H groups in total. The lowest BCUT2D eigenvalue weighted by Gasteiger charge is -2.35. The fourth-order valence-electron chi connectivity index (χ4n) is 3.30. The van der Waals surface area contributed by atoms with Crippen LogP contribution >= 0.6 is 0 Å². The Morgan fingerprint density at radius 3 is 2.62 bits per heavy atom. The summed E-state index contributed by atoms with van der Waals surface area (Å²) in [4.78, 5) is 4.64. The van der Waals surface area contributed by atoms with Gasteiger partial charge in [-0.1, -0.05) is 12.1 Å². The highest BCUT2D eigenvalue weighted by molar-refractivity contribution is 5.14. The molecule has 2 aliphatic rings. The Morgan fingerprint density at radius 2 is 2.05 bits per heavy atom. The molecular formula is C15H25N3O3. The highest BCUT2D eigenvalue weighted by atomic mass is 16.5. The molecule has 6 nitrogen and oxygen atoms in total. The number of nitrogens with two attached hydrogens (primary N) is 1. The minimum absolute atomic E-state index is 0.115. The van der Waals surface area contributed by atoms with Crippen LogP contribution < -0.4 is 5.73 Å². The molecule has 0 bridgehead atoms. The molecule has 1 aliphatic carbocycles. The van der Waals surface area contributed by atoms with Crippen LogP contribution in [0.2, 0.25) is 0 Å². The molecule has 0 radical (unpaired) electrons. The van der Waals surface area contributed by atoms with E-state index in [9.17, 15) is 0 Å². The second-order valence-electron chi connectivity index (χ2n) is 6.84. The second kappa shape index (κ2) is 5.34. The number of ether oxygens (including phenoxy) is 2. The Hall–Kier alpha value is -0.980. The Balaban J connectivity index is 1.87. The normalized spacial score (nSPS) is 40.6. The Morgan fingerprint density at radius 1 is 1.33 bits per heavy atom. The van der Waals surface area contributed by atoms with E-state index in [0.717, 1.165) is 31.6 Å². The van der Waals surface area contributed by atoms with E-state index < -0.39 is 11.0 Å². The Labute approximate surface area is 125 Å². The van der Waals surface area contributed by atoms with E-state index >= 15 is 0 Å². The number of rotatable bonds is 3. The molecular weight excluding hydrogens is 270 g/mol. The molecule has 1 aromatic rings. The third kappa shape index (κ3) is 2.39. The van der Waals surface area contributed by atoms with Gasteiger partial charge in [-0.3, -0.25) is 0 Å². The lowest BCUT2D eigenvalue weighted by atomic mass is 9.79. The van der Waals surface area contributed by atoms with E-state index in [4.69, 9.17) is 19.7 Å². The van der Waals surface area contributed by atoms with Crippen LogP contribution in [0.15, 0.2) is 4.52 Å². The van der Waals surface area contributed by atoms with Gasteiger partial charge in [0.1, 0.15) is 5.60 Å². The van der Waals surface area contributed by atoms with Gasteiger partial charge in [0.25, 0.3) is 0 Å². The lowest BCUT2D eigenvalue weighted by molar-refractivity contribution is -0.0609. The second-order valence-corrected chi connectivity index (χ2v) is 6.84. The number of methoxy groups -OCH3 is 1. The number of hydrogen-bond acceptors (Lipinski definition) is 6. The molecule has 1 aromatic heterocycles. The summed E-state index contributed by atoms with van der Waals surface area (Å²) in [5.74, 6) is 1.96. The Kier molecular flexibility index (Phi) is 3.80. The van der Waals surface area contributed by atoms with Crippen molar-refractivity contribution < 1.29 is 14.0 Å². The predicted octanol–water partition coefficient (Wildman–Crippen LogP) is 1.74. The third-order valence-electron chi connectivity index (χ3n) is 5.31. The van der Waals surface area contributed by atoms with E-state index in [1.807, 2.05) is 6.92 Å². The van der Waals surface area contributed by atoms with Gasteiger partial charge < -0.3 is 19.7 Å². The fraction of sp³-hybridized carbons (Fsp3) is 0.867. The summed E-state index contributed by atoms with van der Waals surface area (Å²) in [7, 11) is 1.73. The standard InChI is InChI=1S/C15H25N3O3/c1-10-4-6-15(19-3,7-5-10)12-17-13(21-18-12)14(2)9-20-8-11(14)16/h10-11H,4-9,16H2,1-3H3. The fourth-order valence-corrected chi connectivity index (χ4v) is 3.30. The largest absolute Gasteiger partial charge is 0.379 e. The Bertz CT molecular complexity index is 496. The molecule has 6 heteroatoms. The molecule has 2 atom stereocenters. The first-order valence-corrected chi connectivity index (χ1v) is 7.73. The first kappa shape index (κ1) is 14.9. The van der Waals surface area contributed by atoms with Crippen molar-refractivity contribution in [2.75, 3.05) is 20.3 Å². The van der Waals surface area contributed by atoms with Crippen LogP contribution in [-0.4, -0.2) is 36.5 Å². The number of aromatic nitrogens is 2. The summed E-state index contributed by atoms with van der Waals surface area (Å²) in [6, 6.07) is -0.115. The molecule has 2 fully saturated rings. The van der Waals surface area contributed by atoms with Crippen molar-refractivity contribution in [1.29, 1.82) is 0 Å². The minimum atomic E-state index is -0.409. The van der Waals surface area contributed by atoms with Crippen molar-refractivity contribution in [3.63, 3.8) is 0 Å². The zero-order valence-corrected chi connectivity index (χ0v) is 13.1. The lowest BCUT2D eigenvalue weighted by Crippen LogP contribution is -2.42. The van der Waals surface area contributed by atoms with Crippen molar-refractivity contribution >= 4 is 0 Å². The van der Waals surface area contributed by atoms with Gasteiger partial charge in [-0.2, -0.15) is 4.98 Å². The van der Waals surface area contributed by atoms with Gasteiger partial charge in [0.15, 0.2) is 0 Å². The quantitative estimate of drug-likeness (QED) is 0.914. The zero-order chi connectivity index (χ0) is 15.1. The summed E-state index contributed by atoms with van der Waals surface area (Å²) in [6.07, 6.45) is 4.11. The molecule has 0 amide bonds. The summed E-state index contributed by atoms with van der Waals surface area (Å²) in [5.41, 5.74) is 5.32. The average molecular weight is 295 g/mol. The SMILES string of the molecule is COC1(c2noc(C3(C)COCC3N)n2)CCC(C)CC1. The molecule has 3 rings (SSSR count). The highest BCUT2D eigenvalue weighted by Gasteiger charge is 2.46.